The molecule has 0 aliphatic heterocycles. The van der Waals surface area contributed by atoms with Gasteiger partial charge in [0.25, 0.3) is 0 Å². The van der Waals surface area contributed by atoms with Crippen LogP contribution in [0.15, 0.2) is 36.7 Å². The number of benzene rings is 1. The van der Waals surface area contributed by atoms with Crippen molar-refractivity contribution in [2.75, 3.05) is 0 Å². The number of H-pyrrole nitrogens is 1. The summed E-state index contributed by atoms with van der Waals surface area (Å²) in [4.78, 5) is 7.80. The lowest BCUT2D eigenvalue weighted by atomic mass is 9.86. The molecule has 0 spiro atoms. The van der Waals surface area contributed by atoms with E-state index in [0.717, 1.165) is 18.5 Å². The van der Waals surface area contributed by atoms with Gasteiger partial charge >= 0.3 is 0 Å². The van der Waals surface area contributed by atoms with Gasteiger partial charge in [-0.15, -0.1) is 0 Å². The summed E-state index contributed by atoms with van der Waals surface area (Å²) in [5, 5.41) is 0. The molecule has 0 aliphatic carbocycles. The first-order valence-corrected chi connectivity index (χ1v) is 10.3. The largest absolute Gasteiger partial charge is 0.414 e. The third-order valence-corrected chi connectivity index (χ3v) is 4.52. The number of hydrogen-bond acceptors (Lipinski definition) is 2. The van der Waals surface area contributed by atoms with E-state index in [1.807, 2.05) is 6.07 Å². The van der Waals surface area contributed by atoms with E-state index in [4.69, 9.17) is 4.43 Å². The molecule has 0 fully saturated rings. The molecule has 1 radical (unpaired) electrons. The minimum Gasteiger partial charge on any atom is -0.414 e. The molecule has 0 bridgehead atoms. The molecule has 119 valence electrons. The predicted octanol–water partition coefficient (Wildman–Crippen LogP) is 4.69. The molecule has 2 aromatic rings. The Hall–Kier alpha value is -1.39. The van der Waals surface area contributed by atoms with Crippen molar-refractivity contribution in [3.8, 4) is 11.3 Å². The Morgan fingerprint density at radius 3 is 2.45 bits per heavy atom. The van der Waals surface area contributed by atoms with Gasteiger partial charge < -0.3 is 9.41 Å². The molecule has 1 unspecified atom stereocenters. The first kappa shape index (κ1) is 17.0. The molecule has 1 N–H and O–H groups in total. The summed E-state index contributed by atoms with van der Waals surface area (Å²) in [6.07, 6.45) is 4.05. The minimum atomic E-state index is -0.693. The molecular weight excluding hydrogens is 288 g/mol. The first-order valence-electron chi connectivity index (χ1n) is 7.92. The highest BCUT2D eigenvalue weighted by molar-refractivity contribution is 6.48. The lowest BCUT2D eigenvalue weighted by molar-refractivity contribution is 0.0786. The van der Waals surface area contributed by atoms with Gasteiger partial charge in [0, 0.05) is 11.3 Å². The fraction of sp³-hybridized carbons (Fsp3) is 0.500. The number of imidazole rings is 1. The average Bonchev–Trinajstić information content (AvgIpc) is 2.91. The maximum Gasteiger partial charge on any atom is 0.205 e. The molecular formula is C18H27N2OSi. The summed E-state index contributed by atoms with van der Waals surface area (Å²) in [6.45, 7) is 11.2. The fourth-order valence-electron chi connectivity index (χ4n) is 2.59. The van der Waals surface area contributed by atoms with Crippen LogP contribution in [0.4, 0.5) is 0 Å². The summed E-state index contributed by atoms with van der Waals surface area (Å²) in [5.41, 5.74) is 3.59. The third-order valence-electron chi connectivity index (χ3n) is 3.77. The zero-order valence-corrected chi connectivity index (χ0v) is 15.3. The summed E-state index contributed by atoms with van der Waals surface area (Å²) >= 11 is 0. The van der Waals surface area contributed by atoms with E-state index in [1.165, 1.54) is 11.3 Å². The van der Waals surface area contributed by atoms with Crippen LogP contribution in [0.3, 0.4) is 0 Å². The van der Waals surface area contributed by atoms with Crippen LogP contribution in [0.2, 0.25) is 13.1 Å². The van der Waals surface area contributed by atoms with E-state index in [9.17, 15) is 0 Å². The first-order chi connectivity index (χ1) is 10.4. The highest BCUT2D eigenvalue weighted by Gasteiger charge is 2.26. The summed E-state index contributed by atoms with van der Waals surface area (Å²) in [6, 6.07) is 10.4. The molecule has 1 heterocycles. The van der Waals surface area contributed by atoms with Crippen LogP contribution in [-0.2, 0) is 10.8 Å². The smallest absolute Gasteiger partial charge is 0.205 e. The third kappa shape index (κ3) is 4.55. The quantitative estimate of drug-likeness (QED) is 0.785. The highest BCUT2D eigenvalue weighted by Crippen LogP contribution is 2.28. The Morgan fingerprint density at radius 1 is 1.18 bits per heavy atom. The number of rotatable bonds is 6. The molecule has 4 heteroatoms. The average molecular weight is 316 g/mol. The topological polar surface area (TPSA) is 37.9 Å². The van der Waals surface area contributed by atoms with Gasteiger partial charge in [0.1, 0.15) is 0 Å². The molecule has 3 nitrogen and oxygen atoms in total. The molecule has 0 amide bonds. The molecule has 1 aromatic heterocycles. The van der Waals surface area contributed by atoms with Crippen molar-refractivity contribution in [2.24, 2.45) is 5.41 Å². The Morgan fingerprint density at radius 2 is 1.86 bits per heavy atom. The van der Waals surface area contributed by atoms with Crippen molar-refractivity contribution in [1.29, 1.82) is 0 Å². The minimum absolute atomic E-state index is 0.162. The Bertz CT molecular complexity index is 572. The second kappa shape index (κ2) is 7.25. The van der Waals surface area contributed by atoms with Crippen molar-refractivity contribution in [2.45, 2.75) is 52.8 Å². The van der Waals surface area contributed by atoms with Gasteiger partial charge in [0.15, 0.2) is 0 Å². The molecule has 1 atom stereocenters. The number of nitrogens with zero attached hydrogens (tertiary/aromatic N) is 1. The number of hydrogen-bond donors (Lipinski definition) is 1. The lowest BCUT2D eigenvalue weighted by Crippen LogP contribution is -2.33. The van der Waals surface area contributed by atoms with Crippen LogP contribution >= 0.6 is 0 Å². The Balaban J connectivity index is 2.10. The van der Waals surface area contributed by atoms with E-state index >= 15 is 0 Å². The number of aromatic amines is 1. The monoisotopic (exact) mass is 315 g/mol. The zero-order valence-electron chi connectivity index (χ0n) is 14.3. The SMILES string of the molecule is C[Si](C)OC(CCc1[nH]cnc1-c1ccccc1)C(C)(C)C. The lowest BCUT2D eigenvalue weighted by Gasteiger charge is -2.32. The van der Waals surface area contributed by atoms with Crippen molar-refractivity contribution < 1.29 is 4.43 Å². The van der Waals surface area contributed by atoms with Crippen LogP contribution in [0.25, 0.3) is 11.3 Å². The number of nitrogens with one attached hydrogen (secondary N) is 1. The molecule has 0 aliphatic rings. The fourth-order valence-corrected chi connectivity index (χ4v) is 3.63. The van der Waals surface area contributed by atoms with Crippen LogP contribution in [0.1, 0.15) is 32.9 Å². The van der Waals surface area contributed by atoms with Crippen molar-refractivity contribution in [3.05, 3.63) is 42.4 Å². The predicted molar refractivity (Wildman–Crippen MR) is 94.2 cm³/mol. The normalized spacial score (nSPS) is 13.5. The molecule has 0 saturated carbocycles. The van der Waals surface area contributed by atoms with Crippen LogP contribution in [-0.4, -0.2) is 25.1 Å². The van der Waals surface area contributed by atoms with Crippen molar-refractivity contribution >= 4 is 9.04 Å². The molecule has 0 saturated heterocycles. The van der Waals surface area contributed by atoms with E-state index in [0.29, 0.717) is 0 Å². The Kier molecular flexibility index (Phi) is 5.59. The Labute approximate surface area is 135 Å². The van der Waals surface area contributed by atoms with E-state index in [-0.39, 0.29) is 11.5 Å². The van der Waals surface area contributed by atoms with Gasteiger partial charge in [-0.05, 0) is 31.4 Å². The van der Waals surface area contributed by atoms with Gasteiger partial charge in [-0.2, -0.15) is 0 Å². The van der Waals surface area contributed by atoms with Gasteiger partial charge in [0.2, 0.25) is 9.04 Å². The van der Waals surface area contributed by atoms with Gasteiger partial charge in [-0.1, -0.05) is 51.1 Å². The van der Waals surface area contributed by atoms with Crippen molar-refractivity contribution in [3.63, 3.8) is 0 Å². The van der Waals surface area contributed by atoms with Crippen LogP contribution < -0.4 is 0 Å². The molecule has 22 heavy (non-hydrogen) atoms. The maximum absolute atomic E-state index is 6.23. The summed E-state index contributed by atoms with van der Waals surface area (Å²) in [5.74, 6) is 0. The summed E-state index contributed by atoms with van der Waals surface area (Å²) < 4.78 is 6.23. The number of aryl methyl sites for hydroxylation is 1. The maximum atomic E-state index is 6.23. The van der Waals surface area contributed by atoms with Gasteiger partial charge in [-0.25, -0.2) is 4.98 Å². The van der Waals surface area contributed by atoms with Crippen LogP contribution in [0.5, 0.6) is 0 Å². The second-order valence-electron chi connectivity index (χ2n) is 7.02. The zero-order chi connectivity index (χ0) is 16.2. The van der Waals surface area contributed by atoms with E-state index in [1.54, 1.807) is 6.33 Å². The molecule has 1 aromatic carbocycles. The highest BCUT2D eigenvalue weighted by atomic mass is 28.3. The van der Waals surface area contributed by atoms with Gasteiger partial charge in [-0.3, -0.25) is 0 Å². The second-order valence-corrected chi connectivity index (χ2v) is 9.07. The van der Waals surface area contributed by atoms with Crippen LogP contribution in [0, 0.1) is 5.41 Å². The van der Waals surface area contributed by atoms with E-state index in [2.05, 4.69) is 68.1 Å². The standard InChI is InChI=1S/C18H27N2OSi/c1-18(2,3)16(21-22(4)5)12-11-15-17(20-13-19-15)14-9-7-6-8-10-14/h6-10,13,16H,11-12H2,1-5H3,(H,19,20). The van der Waals surface area contributed by atoms with E-state index < -0.39 is 9.04 Å². The summed E-state index contributed by atoms with van der Waals surface area (Å²) in [7, 11) is -0.693. The molecule has 2 rings (SSSR count). The van der Waals surface area contributed by atoms with Crippen molar-refractivity contribution in [1.82, 2.24) is 9.97 Å². The number of aromatic nitrogens is 2. The van der Waals surface area contributed by atoms with Gasteiger partial charge in [0.05, 0.1) is 18.1 Å².